The van der Waals surface area contributed by atoms with E-state index in [9.17, 15) is 4.79 Å². The van der Waals surface area contributed by atoms with E-state index < -0.39 is 0 Å². The van der Waals surface area contributed by atoms with E-state index in [1.807, 2.05) is 19.1 Å². The van der Waals surface area contributed by atoms with Gasteiger partial charge in [0.25, 0.3) is 0 Å². The van der Waals surface area contributed by atoms with Crippen molar-refractivity contribution in [1.29, 1.82) is 0 Å². The van der Waals surface area contributed by atoms with E-state index in [0.717, 1.165) is 30.6 Å². The number of hydrogen-bond acceptors (Lipinski definition) is 2. The molecule has 0 bridgehead atoms. The molecule has 3 rings (SSSR count). The summed E-state index contributed by atoms with van der Waals surface area (Å²) in [5, 5.41) is 3.60. The van der Waals surface area contributed by atoms with Crippen LogP contribution in [0.2, 0.25) is 5.02 Å². The van der Waals surface area contributed by atoms with Gasteiger partial charge in [-0.2, -0.15) is 0 Å². The molecular weight excluding hydrogens is 308 g/mol. The molecule has 1 N–H and O–H groups in total. The summed E-state index contributed by atoms with van der Waals surface area (Å²) in [6.45, 7) is 5.35. The van der Waals surface area contributed by atoms with E-state index in [0.29, 0.717) is 11.6 Å². The first-order valence-corrected chi connectivity index (χ1v) is 8.31. The largest absolute Gasteiger partial charge is 0.362 e. The SMILES string of the molecule is Cc1ccc2c(c1)CCCN2CC(=O)Nc1cc(Cl)ccc1C. The lowest BCUT2D eigenvalue weighted by Crippen LogP contribution is -2.36. The van der Waals surface area contributed by atoms with Gasteiger partial charge >= 0.3 is 0 Å². The number of anilines is 2. The van der Waals surface area contributed by atoms with Gasteiger partial charge in [0.2, 0.25) is 5.91 Å². The minimum Gasteiger partial charge on any atom is -0.362 e. The smallest absolute Gasteiger partial charge is 0.243 e. The van der Waals surface area contributed by atoms with Gasteiger partial charge in [0.15, 0.2) is 0 Å². The van der Waals surface area contributed by atoms with Crippen LogP contribution in [0.25, 0.3) is 0 Å². The fraction of sp³-hybridized carbons (Fsp3) is 0.316. The lowest BCUT2D eigenvalue weighted by molar-refractivity contribution is -0.115. The van der Waals surface area contributed by atoms with Gasteiger partial charge in [-0.1, -0.05) is 35.4 Å². The van der Waals surface area contributed by atoms with E-state index >= 15 is 0 Å². The third-order valence-electron chi connectivity index (χ3n) is 4.26. The number of hydrogen-bond donors (Lipinski definition) is 1. The topological polar surface area (TPSA) is 32.3 Å². The number of halogens is 1. The van der Waals surface area contributed by atoms with Crippen LogP contribution < -0.4 is 10.2 Å². The maximum absolute atomic E-state index is 12.4. The van der Waals surface area contributed by atoms with Crippen LogP contribution in [0.4, 0.5) is 11.4 Å². The molecular formula is C19H21ClN2O. The van der Waals surface area contributed by atoms with Crippen molar-refractivity contribution in [2.24, 2.45) is 0 Å². The fourth-order valence-electron chi connectivity index (χ4n) is 3.06. The Balaban J connectivity index is 1.73. The Morgan fingerprint density at radius 2 is 2.04 bits per heavy atom. The number of carbonyl (C=O) groups excluding carboxylic acids is 1. The van der Waals surface area contributed by atoms with Gasteiger partial charge in [0.05, 0.1) is 6.54 Å². The molecule has 0 aromatic heterocycles. The third-order valence-corrected chi connectivity index (χ3v) is 4.49. The zero-order chi connectivity index (χ0) is 16.4. The molecule has 3 nitrogen and oxygen atoms in total. The number of nitrogens with one attached hydrogen (secondary N) is 1. The Hall–Kier alpha value is -2.00. The Morgan fingerprint density at radius 3 is 2.87 bits per heavy atom. The predicted octanol–water partition coefficient (Wildman–Crippen LogP) is 4.35. The molecule has 2 aromatic rings. The molecule has 2 aromatic carbocycles. The van der Waals surface area contributed by atoms with Gasteiger partial charge in [0.1, 0.15) is 0 Å². The molecule has 0 unspecified atom stereocenters. The Morgan fingerprint density at radius 1 is 1.22 bits per heavy atom. The van der Waals surface area contributed by atoms with Gasteiger partial charge in [0, 0.05) is 22.9 Å². The number of nitrogens with zero attached hydrogens (tertiary/aromatic N) is 1. The van der Waals surface area contributed by atoms with Crippen LogP contribution in [0.3, 0.4) is 0 Å². The van der Waals surface area contributed by atoms with Crippen molar-refractivity contribution in [3.8, 4) is 0 Å². The van der Waals surface area contributed by atoms with Crippen molar-refractivity contribution in [2.75, 3.05) is 23.3 Å². The van der Waals surface area contributed by atoms with Gasteiger partial charge in [-0.25, -0.2) is 0 Å². The highest BCUT2D eigenvalue weighted by atomic mass is 35.5. The zero-order valence-corrected chi connectivity index (χ0v) is 14.3. The quantitative estimate of drug-likeness (QED) is 0.908. The summed E-state index contributed by atoms with van der Waals surface area (Å²) in [6, 6.07) is 12.0. The molecule has 23 heavy (non-hydrogen) atoms. The molecule has 0 spiro atoms. The number of carbonyl (C=O) groups is 1. The molecule has 1 aliphatic heterocycles. The van der Waals surface area contributed by atoms with E-state index in [1.54, 1.807) is 6.07 Å². The van der Waals surface area contributed by atoms with Crippen LogP contribution in [0.5, 0.6) is 0 Å². The van der Waals surface area contributed by atoms with Crippen LogP contribution in [-0.2, 0) is 11.2 Å². The van der Waals surface area contributed by atoms with Crippen LogP contribution in [-0.4, -0.2) is 19.0 Å². The fourth-order valence-corrected chi connectivity index (χ4v) is 3.23. The monoisotopic (exact) mass is 328 g/mol. The first-order valence-electron chi connectivity index (χ1n) is 7.93. The second kappa shape index (κ2) is 6.63. The lowest BCUT2D eigenvalue weighted by Gasteiger charge is -2.31. The molecule has 1 heterocycles. The second-order valence-electron chi connectivity index (χ2n) is 6.16. The predicted molar refractivity (Wildman–Crippen MR) is 96.5 cm³/mol. The summed E-state index contributed by atoms with van der Waals surface area (Å²) >= 11 is 6.01. The molecule has 120 valence electrons. The van der Waals surface area contributed by atoms with Crippen molar-refractivity contribution in [2.45, 2.75) is 26.7 Å². The number of amides is 1. The first kappa shape index (κ1) is 15.9. The molecule has 0 atom stereocenters. The highest BCUT2D eigenvalue weighted by Crippen LogP contribution is 2.28. The maximum atomic E-state index is 12.4. The second-order valence-corrected chi connectivity index (χ2v) is 6.60. The van der Waals surface area contributed by atoms with E-state index in [-0.39, 0.29) is 5.91 Å². The van der Waals surface area contributed by atoms with Gasteiger partial charge in [-0.05, 0) is 56.0 Å². The molecule has 0 saturated carbocycles. The van der Waals surface area contributed by atoms with Gasteiger partial charge < -0.3 is 10.2 Å². The van der Waals surface area contributed by atoms with E-state index in [4.69, 9.17) is 11.6 Å². The van der Waals surface area contributed by atoms with Crippen molar-refractivity contribution in [3.63, 3.8) is 0 Å². The standard InChI is InChI=1S/C19H21ClN2O/c1-13-5-8-18-15(10-13)4-3-9-22(18)12-19(23)21-17-11-16(20)7-6-14(17)2/h5-8,10-11H,3-4,9,12H2,1-2H3,(H,21,23). The Kier molecular flexibility index (Phi) is 4.58. The molecule has 1 aliphatic rings. The summed E-state index contributed by atoms with van der Waals surface area (Å²) in [4.78, 5) is 14.6. The van der Waals surface area contributed by atoms with Gasteiger partial charge in [-0.15, -0.1) is 0 Å². The molecule has 0 fully saturated rings. The average molecular weight is 329 g/mol. The van der Waals surface area contributed by atoms with Gasteiger partial charge in [-0.3, -0.25) is 4.79 Å². The summed E-state index contributed by atoms with van der Waals surface area (Å²) in [5.41, 5.74) is 5.58. The maximum Gasteiger partial charge on any atom is 0.243 e. The number of benzene rings is 2. The minimum absolute atomic E-state index is 0.0104. The van der Waals surface area contributed by atoms with Crippen LogP contribution in [0.1, 0.15) is 23.1 Å². The number of aryl methyl sites for hydroxylation is 3. The lowest BCUT2D eigenvalue weighted by atomic mass is 9.99. The zero-order valence-electron chi connectivity index (χ0n) is 13.5. The molecule has 1 amide bonds. The van der Waals surface area contributed by atoms with Crippen molar-refractivity contribution in [3.05, 3.63) is 58.1 Å². The summed E-state index contributed by atoms with van der Waals surface area (Å²) in [7, 11) is 0. The normalized spacial score (nSPS) is 13.6. The van der Waals surface area contributed by atoms with E-state index in [2.05, 4.69) is 35.3 Å². The Bertz CT molecular complexity index is 742. The average Bonchev–Trinajstić information content (AvgIpc) is 2.51. The molecule has 4 heteroatoms. The van der Waals surface area contributed by atoms with Crippen LogP contribution >= 0.6 is 11.6 Å². The van der Waals surface area contributed by atoms with Crippen molar-refractivity contribution >= 4 is 28.9 Å². The molecule has 0 radical (unpaired) electrons. The van der Waals surface area contributed by atoms with Crippen molar-refractivity contribution in [1.82, 2.24) is 0 Å². The first-order chi connectivity index (χ1) is 11.0. The third kappa shape index (κ3) is 3.67. The van der Waals surface area contributed by atoms with Crippen LogP contribution in [0.15, 0.2) is 36.4 Å². The van der Waals surface area contributed by atoms with Crippen LogP contribution in [0, 0.1) is 13.8 Å². The summed E-state index contributed by atoms with van der Waals surface area (Å²) in [6.07, 6.45) is 2.17. The molecule has 0 saturated heterocycles. The molecule has 0 aliphatic carbocycles. The summed E-state index contributed by atoms with van der Waals surface area (Å²) in [5.74, 6) is -0.0104. The highest BCUT2D eigenvalue weighted by molar-refractivity contribution is 6.31. The van der Waals surface area contributed by atoms with E-state index in [1.165, 1.54) is 16.8 Å². The summed E-state index contributed by atoms with van der Waals surface area (Å²) < 4.78 is 0. The number of rotatable bonds is 3. The highest BCUT2D eigenvalue weighted by Gasteiger charge is 2.19. The van der Waals surface area contributed by atoms with Crippen molar-refractivity contribution < 1.29 is 4.79 Å². The Labute approximate surface area is 142 Å². The minimum atomic E-state index is -0.0104. The number of fused-ring (bicyclic) bond motifs is 1.